The van der Waals surface area contributed by atoms with Crippen LogP contribution >= 0.6 is 0 Å². The standard InChI is InChI=1S/C16H15N/c1-2-3-14-17(15-10-6-4-7-11-15)16-12-8-5-9-13-16/h4-13H,2H2,1H3. The first-order chi connectivity index (χ1) is 8.42. The summed E-state index contributed by atoms with van der Waals surface area (Å²) in [7, 11) is 0. The van der Waals surface area contributed by atoms with Crippen LogP contribution in [0.25, 0.3) is 0 Å². The molecule has 0 bridgehead atoms. The summed E-state index contributed by atoms with van der Waals surface area (Å²) in [6, 6.07) is 23.6. The molecule has 1 nitrogen and oxygen atoms in total. The lowest BCUT2D eigenvalue weighted by molar-refractivity contribution is 1.26. The van der Waals surface area contributed by atoms with Crippen LogP contribution in [0.15, 0.2) is 60.7 Å². The van der Waals surface area contributed by atoms with E-state index in [4.69, 9.17) is 0 Å². The molecule has 0 aliphatic heterocycles. The van der Waals surface area contributed by atoms with E-state index in [1.165, 1.54) is 0 Å². The summed E-state index contributed by atoms with van der Waals surface area (Å²) in [5, 5.41) is 0. The van der Waals surface area contributed by atoms with Crippen LogP contribution in [0.2, 0.25) is 0 Å². The first-order valence-electron chi connectivity index (χ1n) is 5.80. The van der Waals surface area contributed by atoms with E-state index >= 15 is 0 Å². The van der Waals surface area contributed by atoms with E-state index in [2.05, 4.69) is 43.2 Å². The highest BCUT2D eigenvalue weighted by molar-refractivity contribution is 5.67. The number of hydrogen-bond donors (Lipinski definition) is 0. The van der Waals surface area contributed by atoms with E-state index in [0.717, 1.165) is 17.8 Å². The normalized spacial score (nSPS) is 9.24. The molecule has 0 saturated heterocycles. The molecule has 0 heterocycles. The Hall–Kier alpha value is -2.20. The highest BCUT2D eigenvalue weighted by Crippen LogP contribution is 2.23. The molecule has 17 heavy (non-hydrogen) atoms. The summed E-state index contributed by atoms with van der Waals surface area (Å²) < 4.78 is 0. The molecule has 0 aromatic heterocycles. The number of hydrogen-bond acceptors (Lipinski definition) is 1. The third kappa shape index (κ3) is 2.89. The van der Waals surface area contributed by atoms with Crippen molar-refractivity contribution in [2.75, 3.05) is 4.90 Å². The Balaban J connectivity index is 2.39. The number of rotatable bonds is 2. The highest BCUT2D eigenvalue weighted by Gasteiger charge is 2.04. The fraction of sp³-hybridized carbons (Fsp3) is 0.125. The smallest absolute Gasteiger partial charge is 0.0545 e. The van der Waals surface area contributed by atoms with Gasteiger partial charge in [-0.15, -0.1) is 0 Å². The molecule has 0 saturated carbocycles. The fourth-order valence-corrected chi connectivity index (χ4v) is 1.59. The molecule has 2 aromatic rings. The maximum atomic E-state index is 3.19. The quantitative estimate of drug-likeness (QED) is 0.542. The van der Waals surface area contributed by atoms with Crippen LogP contribution in [-0.2, 0) is 0 Å². The lowest BCUT2D eigenvalue weighted by Gasteiger charge is -2.17. The second-order valence-corrected chi connectivity index (χ2v) is 3.65. The van der Waals surface area contributed by atoms with Gasteiger partial charge in [0.25, 0.3) is 0 Å². The topological polar surface area (TPSA) is 3.24 Å². The van der Waals surface area contributed by atoms with Crippen LogP contribution in [0.1, 0.15) is 13.3 Å². The molecular weight excluding hydrogens is 206 g/mol. The van der Waals surface area contributed by atoms with Crippen molar-refractivity contribution in [3.8, 4) is 12.0 Å². The molecule has 0 radical (unpaired) electrons. The molecule has 1 heteroatoms. The largest absolute Gasteiger partial charge is 0.270 e. The van der Waals surface area contributed by atoms with Gasteiger partial charge in [0.2, 0.25) is 0 Å². The fourth-order valence-electron chi connectivity index (χ4n) is 1.59. The third-order valence-corrected chi connectivity index (χ3v) is 2.40. The Kier molecular flexibility index (Phi) is 3.83. The molecule has 0 N–H and O–H groups in total. The predicted octanol–water partition coefficient (Wildman–Crippen LogP) is 4.20. The predicted molar refractivity (Wildman–Crippen MR) is 73.1 cm³/mol. The average Bonchev–Trinajstić information content (AvgIpc) is 2.42. The lowest BCUT2D eigenvalue weighted by Crippen LogP contribution is -2.08. The van der Waals surface area contributed by atoms with Crippen LogP contribution in [0.4, 0.5) is 11.4 Å². The summed E-state index contributed by atoms with van der Waals surface area (Å²) >= 11 is 0. The molecule has 2 rings (SSSR count). The van der Waals surface area contributed by atoms with Crippen LogP contribution in [0.5, 0.6) is 0 Å². The van der Waals surface area contributed by atoms with Gasteiger partial charge >= 0.3 is 0 Å². The van der Waals surface area contributed by atoms with Crippen molar-refractivity contribution in [3.63, 3.8) is 0 Å². The maximum absolute atomic E-state index is 3.19. The zero-order valence-corrected chi connectivity index (χ0v) is 9.93. The number of nitrogens with zero attached hydrogens (tertiary/aromatic N) is 1. The zero-order chi connectivity index (χ0) is 11.9. The summed E-state index contributed by atoms with van der Waals surface area (Å²) in [6.07, 6.45) is 0.857. The maximum Gasteiger partial charge on any atom is 0.0545 e. The van der Waals surface area contributed by atoms with E-state index < -0.39 is 0 Å². The van der Waals surface area contributed by atoms with Gasteiger partial charge in [0, 0.05) is 12.5 Å². The molecule has 84 valence electrons. The summed E-state index contributed by atoms with van der Waals surface area (Å²) in [4.78, 5) is 2.02. The van der Waals surface area contributed by atoms with Gasteiger partial charge in [-0.05, 0) is 24.3 Å². The Morgan fingerprint density at radius 2 is 1.29 bits per heavy atom. The van der Waals surface area contributed by atoms with E-state index in [9.17, 15) is 0 Å². The van der Waals surface area contributed by atoms with Crippen LogP contribution in [0.3, 0.4) is 0 Å². The van der Waals surface area contributed by atoms with Crippen molar-refractivity contribution in [1.29, 1.82) is 0 Å². The van der Waals surface area contributed by atoms with Crippen LogP contribution in [-0.4, -0.2) is 0 Å². The molecule has 0 fully saturated rings. The van der Waals surface area contributed by atoms with E-state index in [-0.39, 0.29) is 0 Å². The molecule has 0 spiro atoms. The first kappa shape index (κ1) is 11.3. The Morgan fingerprint density at radius 1 is 0.824 bits per heavy atom. The monoisotopic (exact) mass is 221 g/mol. The summed E-state index contributed by atoms with van der Waals surface area (Å²) in [5.41, 5.74) is 2.19. The molecule has 0 atom stereocenters. The average molecular weight is 221 g/mol. The highest BCUT2D eigenvalue weighted by atomic mass is 15.1. The molecular formula is C16H15N. The van der Waals surface area contributed by atoms with Crippen molar-refractivity contribution < 1.29 is 0 Å². The second-order valence-electron chi connectivity index (χ2n) is 3.65. The van der Waals surface area contributed by atoms with Crippen LogP contribution < -0.4 is 4.90 Å². The minimum absolute atomic E-state index is 0.857. The number of para-hydroxylation sites is 2. The Labute approximate surface area is 103 Å². The first-order valence-corrected chi connectivity index (χ1v) is 5.80. The zero-order valence-electron chi connectivity index (χ0n) is 9.93. The van der Waals surface area contributed by atoms with E-state index in [1.807, 2.05) is 41.3 Å². The van der Waals surface area contributed by atoms with Gasteiger partial charge < -0.3 is 0 Å². The van der Waals surface area contributed by atoms with Crippen molar-refractivity contribution in [2.45, 2.75) is 13.3 Å². The molecule has 0 aliphatic carbocycles. The Bertz CT molecular complexity index is 466. The van der Waals surface area contributed by atoms with Gasteiger partial charge in [-0.25, -0.2) is 0 Å². The van der Waals surface area contributed by atoms with E-state index in [0.29, 0.717) is 0 Å². The van der Waals surface area contributed by atoms with Crippen molar-refractivity contribution in [3.05, 3.63) is 60.7 Å². The molecule has 0 amide bonds. The van der Waals surface area contributed by atoms with Gasteiger partial charge in [-0.2, -0.15) is 0 Å². The van der Waals surface area contributed by atoms with Gasteiger partial charge in [0.1, 0.15) is 0 Å². The number of anilines is 2. The van der Waals surface area contributed by atoms with Crippen molar-refractivity contribution in [1.82, 2.24) is 0 Å². The minimum atomic E-state index is 0.857. The minimum Gasteiger partial charge on any atom is -0.270 e. The molecule has 2 aromatic carbocycles. The Morgan fingerprint density at radius 3 is 1.71 bits per heavy atom. The second kappa shape index (κ2) is 5.77. The van der Waals surface area contributed by atoms with Gasteiger partial charge in [-0.1, -0.05) is 49.2 Å². The van der Waals surface area contributed by atoms with Crippen LogP contribution in [0, 0.1) is 12.0 Å². The van der Waals surface area contributed by atoms with Crippen molar-refractivity contribution >= 4 is 11.4 Å². The van der Waals surface area contributed by atoms with Crippen molar-refractivity contribution in [2.24, 2.45) is 0 Å². The third-order valence-electron chi connectivity index (χ3n) is 2.40. The molecule has 0 unspecified atom stereocenters. The SMILES string of the molecule is CCC#CN(c1ccccc1)c1ccccc1. The summed E-state index contributed by atoms with van der Waals surface area (Å²) in [5.74, 6) is 3.12. The lowest BCUT2D eigenvalue weighted by atomic mass is 10.2. The van der Waals surface area contributed by atoms with Gasteiger partial charge in [0.05, 0.1) is 11.4 Å². The molecule has 0 aliphatic rings. The summed E-state index contributed by atoms with van der Waals surface area (Å²) in [6.45, 7) is 2.06. The van der Waals surface area contributed by atoms with Gasteiger partial charge in [0.15, 0.2) is 0 Å². The van der Waals surface area contributed by atoms with Gasteiger partial charge in [-0.3, -0.25) is 4.90 Å². The number of benzene rings is 2. The van der Waals surface area contributed by atoms with E-state index in [1.54, 1.807) is 0 Å².